The molecule has 3 aliphatic rings. The Kier molecular flexibility index (Phi) is 3.32. The lowest BCUT2D eigenvalue weighted by molar-refractivity contribution is -0.127. The smallest absolute Gasteiger partial charge is 0.224 e. The van der Waals surface area contributed by atoms with Gasteiger partial charge in [-0.2, -0.15) is 0 Å². The summed E-state index contributed by atoms with van der Waals surface area (Å²) in [6, 6.07) is 1.26. The minimum Gasteiger partial charge on any atom is -0.338 e. The summed E-state index contributed by atoms with van der Waals surface area (Å²) >= 11 is 0. The lowest BCUT2D eigenvalue weighted by Gasteiger charge is -2.39. The molecule has 4 heteroatoms. The summed E-state index contributed by atoms with van der Waals surface area (Å²) in [5, 5.41) is 0. The maximum absolute atomic E-state index is 12.0. The lowest BCUT2D eigenvalue weighted by atomic mass is 9.90. The van der Waals surface area contributed by atoms with Crippen LogP contribution in [0, 0.1) is 5.92 Å². The maximum atomic E-state index is 12.0. The van der Waals surface area contributed by atoms with Crippen molar-refractivity contribution in [1.29, 1.82) is 0 Å². The molecule has 0 saturated carbocycles. The van der Waals surface area contributed by atoms with Gasteiger partial charge in [-0.15, -0.1) is 0 Å². The molecule has 0 aliphatic carbocycles. The molecule has 4 unspecified atom stereocenters. The van der Waals surface area contributed by atoms with E-state index in [4.69, 9.17) is 5.73 Å². The molecule has 0 aromatic rings. The van der Waals surface area contributed by atoms with Crippen molar-refractivity contribution in [1.82, 2.24) is 9.80 Å². The van der Waals surface area contributed by atoms with Crippen LogP contribution >= 0.6 is 0 Å². The fourth-order valence-electron chi connectivity index (χ4n) is 4.08. The molecule has 0 spiro atoms. The van der Waals surface area contributed by atoms with E-state index in [-0.39, 0.29) is 6.04 Å². The number of hydrogen-bond donors (Lipinski definition) is 1. The molecule has 102 valence electrons. The highest BCUT2D eigenvalue weighted by Gasteiger charge is 2.45. The fourth-order valence-corrected chi connectivity index (χ4v) is 4.08. The first-order chi connectivity index (χ1) is 8.66. The van der Waals surface area contributed by atoms with E-state index in [0.29, 0.717) is 23.9 Å². The van der Waals surface area contributed by atoms with Gasteiger partial charge >= 0.3 is 0 Å². The zero-order chi connectivity index (χ0) is 12.7. The molecule has 18 heavy (non-hydrogen) atoms. The summed E-state index contributed by atoms with van der Waals surface area (Å²) in [5.41, 5.74) is 6.06. The molecule has 0 aromatic heterocycles. The average molecular weight is 251 g/mol. The Morgan fingerprint density at radius 1 is 1.22 bits per heavy atom. The van der Waals surface area contributed by atoms with Crippen molar-refractivity contribution >= 4 is 5.91 Å². The van der Waals surface area contributed by atoms with Gasteiger partial charge in [-0.3, -0.25) is 9.69 Å². The third-order valence-corrected chi connectivity index (χ3v) is 5.15. The minimum atomic E-state index is 0.282. The molecule has 4 atom stereocenters. The predicted molar refractivity (Wildman–Crippen MR) is 71.1 cm³/mol. The number of rotatable bonds is 2. The van der Waals surface area contributed by atoms with Gasteiger partial charge in [0.05, 0.1) is 0 Å². The second-order valence-corrected chi connectivity index (χ2v) is 6.32. The fraction of sp³-hybridized carbons (Fsp3) is 0.929. The third kappa shape index (κ3) is 2.05. The molecule has 3 aliphatic heterocycles. The van der Waals surface area contributed by atoms with Crippen LogP contribution in [0.5, 0.6) is 0 Å². The predicted octanol–water partition coefficient (Wildman–Crippen LogP) is 0.809. The second kappa shape index (κ2) is 4.82. The highest BCUT2D eigenvalue weighted by Crippen LogP contribution is 2.34. The van der Waals surface area contributed by atoms with Gasteiger partial charge in [-0.05, 0) is 45.1 Å². The monoisotopic (exact) mass is 251 g/mol. The molecule has 4 nitrogen and oxygen atoms in total. The van der Waals surface area contributed by atoms with Gasteiger partial charge in [-0.25, -0.2) is 0 Å². The van der Waals surface area contributed by atoms with Crippen molar-refractivity contribution in [3.05, 3.63) is 0 Å². The second-order valence-electron chi connectivity index (χ2n) is 6.32. The molecule has 0 aromatic carbocycles. The standard InChI is InChI=1S/C14H25N3O/c1-10(15)11-4-2-6-16(9-11)13-8-14(18)17-7-3-5-12(13)17/h10-13H,2-9,15H2,1H3. The number of amides is 1. The van der Waals surface area contributed by atoms with Crippen LogP contribution in [-0.2, 0) is 4.79 Å². The van der Waals surface area contributed by atoms with Crippen LogP contribution in [0.3, 0.4) is 0 Å². The van der Waals surface area contributed by atoms with Gasteiger partial charge in [0.1, 0.15) is 0 Å². The SMILES string of the molecule is CC(N)C1CCCN(C2CC(=O)N3CCCC23)C1. The Morgan fingerprint density at radius 3 is 2.78 bits per heavy atom. The first-order valence-corrected chi connectivity index (χ1v) is 7.46. The van der Waals surface area contributed by atoms with Gasteiger partial charge in [0.2, 0.25) is 5.91 Å². The Bertz CT molecular complexity index is 331. The Balaban J connectivity index is 1.69. The molecular formula is C14H25N3O. The molecule has 3 fully saturated rings. The number of likely N-dealkylation sites (tertiary alicyclic amines) is 1. The Morgan fingerprint density at radius 2 is 2.00 bits per heavy atom. The van der Waals surface area contributed by atoms with Gasteiger partial charge in [0.25, 0.3) is 0 Å². The summed E-state index contributed by atoms with van der Waals surface area (Å²) in [6.07, 6.45) is 5.64. The maximum Gasteiger partial charge on any atom is 0.224 e. The molecule has 3 rings (SSSR count). The van der Waals surface area contributed by atoms with E-state index in [0.717, 1.165) is 26.1 Å². The van der Waals surface area contributed by atoms with E-state index in [1.165, 1.54) is 25.7 Å². The van der Waals surface area contributed by atoms with Crippen molar-refractivity contribution < 1.29 is 4.79 Å². The number of piperidine rings is 1. The van der Waals surface area contributed by atoms with E-state index in [9.17, 15) is 4.79 Å². The highest BCUT2D eigenvalue weighted by molar-refractivity contribution is 5.80. The number of nitrogens with zero attached hydrogens (tertiary/aromatic N) is 2. The summed E-state index contributed by atoms with van der Waals surface area (Å²) < 4.78 is 0. The number of carbonyl (C=O) groups excluding carboxylic acids is 1. The minimum absolute atomic E-state index is 0.282. The van der Waals surface area contributed by atoms with Gasteiger partial charge in [0, 0.05) is 37.6 Å². The number of hydrogen-bond acceptors (Lipinski definition) is 3. The first-order valence-electron chi connectivity index (χ1n) is 7.46. The zero-order valence-corrected chi connectivity index (χ0v) is 11.3. The number of carbonyl (C=O) groups is 1. The van der Waals surface area contributed by atoms with Crippen LogP contribution in [0.1, 0.15) is 39.0 Å². The quantitative estimate of drug-likeness (QED) is 0.790. The topological polar surface area (TPSA) is 49.6 Å². The summed E-state index contributed by atoms with van der Waals surface area (Å²) in [7, 11) is 0. The molecular weight excluding hydrogens is 226 g/mol. The van der Waals surface area contributed by atoms with Gasteiger partial charge in [-0.1, -0.05) is 0 Å². The Hall–Kier alpha value is -0.610. The third-order valence-electron chi connectivity index (χ3n) is 5.15. The van der Waals surface area contributed by atoms with E-state index in [1.54, 1.807) is 0 Å². The van der Waals surface area contributed by atoms with Gasteiger partial charge in [0.15, 0.2) is 0 Å². The largest absolute Gasteiger partial charge is 0.338 e. The molecule has 1 amide bonds. The normalized spacial score (nSPS) is 39.1. The van der Waals surface area contributed by atoms with E-state index >= 15 is 0 Å². The van der Waals surface area contributed by atoms with E-state index < -0.39 is 0 Å². The summed E-state index contributed by atoms with van der Waals surface area (Å²) in [4.78, 5) is 16.7. The van der Waals surface area contributed by atoms with Crippen LogP contribution in [0.25, 0.3) is 0 Å². The lowest BCUT2D eigenvalue weighted by Crippen LogP contribution is -2.50. The van der Waals surface area contributed by atoms with Crippen LogP contribution in [-0.4, -0.2) is 53.5 Å². The molecule has 3 heterocycles. The van der Waals surface area contributed by atoms with E-state index in [2.05, 4.69) is 16.7 Å². The molecule has 0 radical (unpaired) electrons. The highest BCUT2D eigenvalue weighted by atomic mass is 16.2. The molecule has 0 bridgehead atoms. The van der Waals surface area contributed by atoms with Crippen molar-refractivity contribution in [2.45, 2.75) is 57.2 Å². The van der Waals surface area contributed by atoms with Crippen LogP contribution in [0.15, 0.2) is 0 Å². The van der Waals surface area contributed by atoms with Crippen LogP contribution in [0.4, 0.5) is 0 Å². The molecule has 3 saturated heterocycles. The summed E-state index contributed by atoms with van der Waals surface area (Å²) in [6.45, 7) is 5.37. The van der Waals surface area contributed by atoms with Gasteiger partial charge < -0.3 is 10.6 Å². The number of nitrogens with two attached hydrogens (primary N) is 1. The summed E-state index contributed by atoms with van der Waals surface area (Å²) in [5.74, 6) is 0.995. The van der Waals surface area contributed by atoms with Crippen LogP contribution in [0.2, 0.25) is 0 Å². The molecule has 2 N–H and O–H groups in total. The van der Waals surface area contributed by atoms with Crippen molar-refractivity contribution in [2.24, 2.45) is 11.7 Å². The van der Waals surface area contributed by atoms with Crippen molar-refractivity contribution in [3.63, 3.8) is 0 Å². The van der Waals surface area contributed by atoms with E-state index in [1.807, 2.05) is 0 Å². The average Bonchev–Trinajstić information content (AvgIpc) is 2.94. The van der Waals surface area contributed by atoms with Crippen molar-refractivity contribution in [2.75, 3.05) is 19.6 Å². The first kappa shape index (κ1) is 12.4. The Labute approximate surface area is 109 Å². The van der Waals surface area contributed by atoms with Crippen molar-refractivity contribution in [3.8, 4) is 0 Å². The van der Waals surface area contributed by atoms with Crippen LogP contribution < -0.4 is 5.73 Å². The zero-order valence-electron chi connectivity index (χ0n) is 11.3. The number of fused-ring (bicyclic) bond motifs is 1.